The first-order chi connectivity index (χ1) is 10.5. The molecule has 1 aromatic rings. The Balaban J connectivity index is 1.95. The Morgan fingerprint density at radius 2 is 1.77 bits per heavy atom. The van der Waals surface area contributed by atoms with Gasteiger partial charge in [-0.15, -0.1) is 0 Å². The molecule has 1 aliphatic rings. The Kier molecular flexibility index (Phi) is 6.01. The van der Waals surface area contributed by atoms with Crippen molar-refractivity contribution in [3.63, 3.8) is 0 Å². The highest BCUT2D eigenvalue weighted by Crippen LogP contribution is 2.29. The second-order valence-electron chi connectivity index (χ2n) is 7.04. The van der Waals surface area contributed by atoms with E-state index in [2.05, 4.69) is 45.0 Å². The maximum Gasteiger partial charge on any atom is 0.223 e. The van der Waals surface area contributed by atoms with Gasteiger partial charge in [0.2, 0.25) is 5.91 Å². The molecule has 0 aliphatic carbocycles. The molecule has 2 unspecified atom stereocenters. The molecular formula is C19H30N2O. The minimum atomic E-state index is 0.241. The first kappa shape index (κ1) is 17.0. The first-order valence-electron chi connectivity index (χ1n) is 8.57. The van der Waals surface area contributed by atoms with E-state index in [0.29, 0.717) is 30.1 Å². The topological polar surface area (TPSA) is 46.3 Å². The Morgan fingerprint density at radius 3 is 2.27 bits per heavy atom. The van der Waals surface area contributed by atoms with Gasteiger partial charge in [0, 0.05) is 25.6 Å². The molecule has 0 bridgehead atoms. The van der Waals surface area contributed by atoms with Crippen LogP contribution < -0.4 is 5.73 Å². The van der Waals surface area contributed by atoms with Crippen molar-refractivity contribution in [3.8, 4) is 0 Å². The molecule has 1 aromatic carbocycles. The zero-order chi connectivity index (χ0) is 16.1. The molecule has 1 saturated heterocycles. The average molecular weight is 302 g/mol. The van der Waals surface area contributed by atoms with Gasteiger partial charge >= 0.3 is 0 Å². The van der Waals surface area contributed by atoms with Crippen LogP contribution in [0.1, 0.15) is 51.5 Å². The first-order valence-corrected chi connectivity index (χ1v) is 8.57. The van der Waals surface area contributed by atoms with Crippen LogP contribution in [0.3, 0.4) is 0 Å². The number of amides is 1. The molecule has 3 heteroatoms. The van der Waals surface area contributed by atoms with E-state index >= 15 is 0 Å². The van der Waals surface area contributed by atoms with E-state index in [4.69, 9.17) is 5.73 Å². The van der Waals surface area contributed by atoms with Crippen LogP contribution in [-0.2, 0) is 4.79 Å². The molecule has 1 heterocycles. The lowest BCUT2D eigenvalue weighted by molar-refractivity contribution is -0.133. The molecule has 122 valence electrons. The predicted octanol–water partition coefficient (Wildman–Crippen LogP) is 3.40. The summed E-state index contributed by atoms with van der Waals surface area (Å²) in [5, 5.41) is 0. The second kappa shape index (κ2) is 7.77. The maximum absolute atomic E-state index is 12.7. The highest BCUT2D eigenvalue weighted by molar-refractivity contribution is 5.77. The van der Waals surface area contributed by atoms with E-state index < -0.39 is 0 Å². The molecular weight excluding hydrogens is 272 g/mol. The Morgan fingerprint density at radius 1 is 1.18 bits per heavy atom. The number of carbonyl (C=O) groups is 1. The lowest BCUT2D eigenvalue weighted by Crippen LogP contribution is -2.43. The van der Waals surface area contributed by atoms with Crippen LogP contribution in [0.5, 0.6) is 0 Å². The molecule has 0 radical (unpaired) electrons. The van der Waals surface area contributed by atoms with Crippen LogP contribution in [0.15, 0.2) is 30.3 Å². The van der Waals surface area contributed by atoms with Gasteiger partial charge in [0.1, 0.15) is 0 Å². The van der Waals surface area contributed by atoms with Crippen molar-refractivity contribution in [2.45, 2.75) is 52.0 Å². The normalized spacial score (nSPS) is 19.2. The lowest BCUT2D eigenvalue weighted by Gasteiger charge is -2.35. The fraction of sp³-hybridized carbons (Fsp3) is 0.632. The minimum Gasteiger partial charge on any atom is -0.343 e. The summed E-state index contributed by atoms with van der Waals surface area (Å²) in [6, 6.07) is 10.7. The van der Waals surface area contributed by atoms with Crippen LogP contribution in [0.25, 0.3) is 0 Å². The average Bonchev–Trinajstić information content (AvgIpc) is 2.53. The molecule has 2 N–H and O–H groups in total. The summed E-state index contributed by atoms with van der Waals surface area (Å²) < 4.78 is 0. The Labute approximate surface area is 134 Å². The van der Waals surface area contributed by atoms with Crippen molar-refractivity contribution in [2.24, 2.45) is 17.6 Å². The van der Waals surface area contributed by atoms with Gasteiger partial charge < -0.3 is 10.6 Å². The van der Waals surface area contributed by atoms with Gasteiger partial charge in [0.25, 0.3) is 0 Å². The number of hydrogen-bond donors (Lipinski definition) is 1. The SMILES string of the molecule is CC(C)C(CC(=O)N1CCC(C(C)N)CC1)c1ccccc1. The van der Waals surface area contributed by atoms with Gasteiger partial charge in [-0.25, -0.2) is 0 Å². The summed E-state index contributed by atoms with van der Waals surface area (Å²) in [4.78, 5) is 14.7. The number of carbonyl (C=O) groups excluding carboxylic acids is 1. The Bertz CT molecular complexity index is 462. The molecule has 2 rings (SSSR count). The number of nitrogens with zero attached hydrogens (tertiary/aromatic N) is 1. The van der Waals surface area contributed by atoms with Crippen LogP contribution in [0.4, 0.5) is 0 Å². The highest BCUT2D eigenvalue weighted by Gasteiger charge is 2.27. The molecule has 1 amide bonds. The summed E-state index contributed by atoms with van der Waals surface area (Å²) in [6.07, 6.45) is 2.70. The Hall–Kier alpha value is -1.35. The maximum atomic E-state index is 12.7. The van der Waals surface area contributed by atoms with E-state index in [0.717, 1.165) is 25.9 Å². The number of piperidine rings is 1. The van der Waals surface area contributed by atoms with Gasteiger partial charge in [-0.05, 0) is 43.1 Å². The molecule has 22 heavy (non-hydrogen) atoms. The van der Waals surface area contributed by atoms with Crippen LogP contribution in [-0.4, -0.2) is 29.9 Å². The number of benzene rings is 1. The van der Waals surface area contributed by atoms with Gasteiger partial charge in [-0.1, -0.05) is 44.2 Å². The fourth-order valence-electron chi connectivity index (χ4n) is 3.43. The molecule has 1 aliphatic heterocycles. The van der Waals surface area contributed by atoms with Gasteiger partial charge in [0.15, 0.2) is 0 Å². The van der Waals surface area contributed by atoms with Crippen LogP contribution in [0.2, 0.25) is 0 Å². The summed E-state index contributed by atoms with van der Waals surface area (Å²) in [5.41, 5.74) is 7.26. The molecule has 0 saturated carbocycles. The van der Waals surface area contributed by atoms with E-state index in [1.165, 1.54) is 5.56 Å². The van der Waals surface area contributed by atoms with Gasteiger partial charge in [-0.3, -0.25) is 4.79 Å². The molecule has 3 nitrogen and oxygen atoms in total. The van der Waals surface area contributed by atoms with Crippen molar-refractivity contribution in [1.82, 2.24) is 4.90 Å². The third-order valence-corrected chi connectivity index (χ3v) is 5.06. The largest absolute Gasteiger partial charge is 0.343 e. The second-order valence-corrected chi connectivity index (χ2v) is 7.04. The van der Waals surface area contributed by atoms with Crippen LogP contribution >= 0.6 is 0 Å². The molecule has 0 spiro atoms. The smallest absolute Gasteiger partial charge is 0.223 e. The lowest BCUT2D eigenvalue weighted by atomic mass is 9.85. The number of rotatable bonds is 5. The monoisotopic (exact) mass is 302 g/mol. The van der Waals surface area contributed by atoms with Crippen molar-refractivity contribution in [2.75, 3.05) is 13.1 Å². The van der Waals surface area contributed by atoms with Gasteiger partial charge in [0.05, 0.1) is 0 Å². The third-order valence-electron chi connectivity index (χ3n) is 5.06. The number of nitrogens with two attached hydrogens (primary N) is 1. The molecule has 2 atom stereocenters. The van der Waals surface area contributed by atoms with E-state index in [1.54, 1.807) is 0 Å². The van der Waals surface area contributed by atoms with E-state index in [9.17, 15) is 4.79 Å². The van der Waals surface area contributed by atoms with Crippen molar-refractivity contribution in [1.29, 1.82) is 0 Å². The zero-order valence-corrected chi connectivity index (χ0v) is 14.2. The van der Waals surface area contributed by atoms with Crippen molar-refractivity contribution >= 4 is 5.91 Å². The van der Waals surface area contributed by atoms with Gasteiger partial charge in [-0.2, -0.15) is 0 Å². The van der Waals surface area contributed by atoms with E-state index in [1.807, 2.05) is 11.0 Å². The van der Waals surface area contributed by atoms with Crippen molar-refractivity contribution in [3.05, 3.63) is 35.9 Å². The minimum absolute atomic E-state index is 0.241. The quantitative estimate of drug-likeness (QED) is 0.906. The summed E-state index contributed by atoms with van der Waals surface area (Å²) in [6.45, 7) is 8.21. The summed E-state index contributed by atoms with van der Waals surface area (Å²) in [5.74, 6) is 1.64. The fourth-order valence-corrected chi connectivity index (χ4v) is 3.43. The van der Waals surface area contributed by atoms with Crippen LogP contribution in [0, 0.1) is 11.8 Å². The summed E-state index contributed by atoms with van der Waals surface area (Å²) in [7, 11) is 0. The number of likely N-dealkylation sites (tertiary alicyclic amines) is 1. The molecule has 0 aromatic heterocycles. The summed E-state index contributed by atoms with van der Waals surface area (Å²) >= 11 is 0. The zero-order valence-electron chi connectivity index (χ0n) is 14.2. The highest BCUT2D eigenvalue weighted by atomic mass is 16.2. The standard InChI is InChI=1S/C19H30N2O/c1-14(2)18(17-7-5-4-6-8-17)13-19(22)21-11-9-16(10-12-21)15(3)20/h4-8,14-16,18H,9-13,20H2,1-3H3. The predicted molar refractivity (Wildman–Crippen MR) is 91.6 cm³/mol. The van der Waals surface area contributed by atoms with E-state index in [-0.39, 0.29) is 6.04 Å². The number of hydrogen-bond acceptors (Lipinski definition) is 2. The third kappa shape index (κ3) is 4.33. The van der Waals surface area contributed by atoms with Crippen molar-refractivity contribution < 1.29 is 4.79 Å². The molecule has 1 fully saturated rings.